The summed E-state index contributed by atoms with van der Waals surface area (Å²) in [6, 6.07) is 9.07. The van der Waals surface area contributed by atoms with Crippen molar-refractivity contribution < 1.29 is 32.2 Å². The molecule has 0 radical (unpaired) electrons. The zero-order valence-electron chi connectivity index (χ0n) is 22.0. The van der Waals surface area contributed by atoms with Crippen molar-refractivity contribution in [2.45, 2.75) is 30.6 Å². The van der Waals surface area contributed by atoms with E-state index in [1.807, 2.05) is 0 Å². The highest BCUT2D eigenvalue weighted by atomic mass is 32.2. The Labute approximate surface area is 219 Å². The minimum atomic E-state index is -4.22. The van der Waals surface area contributed by atoms with Gasteiger partial charge in [-0.3, -0.25) is 9.10 Å². The summed E-state index contributed by atoms with van der Waals surface area (Å²) in [5.41, 5.74) is 0.181. The van der Waals surface area contributed by atoms with Crippen molar-refractivity contribution >= 4 is 21.6 Å². The fraction of sp³-hybridized carbons (Fsp3) is 0.500. The summed E-state index contributed by atoms with van der Waals surface area (Å²) in [6.07, 6.45) is 4.47. The molecule has 2 aromatic rings. The van der Waals surface area contributed by atoms with Crippen LogP contribution >= 0.6 is 0 Å². The number of methoxy groups -OCH3 is 4. The lowest BCUT2D eigenvalue weighted by Crippen LogP contribution is -2.42. The van der Waals surface area contributed by atoms with Gasteiger partial charge in [0.1, 0.15) is 18.0 Å². The zero-order chi connectivity index (χ0) is 26.8. The van der Waals surface area contributed by atoms with E-state index in [4.69, 9.17) is 18.9 Å². The van der Waals surface area contributed by atoms with Gasteiger partial charge in [0.15, 0.2) is 11.5 Å². The number of nitrogens with zero attached hydrogens (tertiary/aromatic N) is 2. The molecule has 0 aromatic heterocycles. The van der Waals surface area contributed by atoms with Crippen molar-refractivity contribution in [2.75, 3.05) is 65.5 Å². The number of hydrogen-bond donors (Lipinski definition) is 1. The van der Waals surface area contributed by atoms with Gasteiger partial charge in [-0.15, -0.1) is 0 Å². The van der Waals surface area contributed by atoms with Gasteiger partial charge in [-0.05, 0) is 63.2 Å². The Morgan fingerprint density at radius 2 is 1.57 bits per heavy atom. The van der Waals surface area contributed by atoms with E-state index < -0.39 is 22.5 Å². The number of amides is 1. The van der Waals surface area contributed by atoms with E-state index in [-0.39, 0.29) is 22.1 Å². The molecule has 0 atom stereocenters. The molecule has 0 spiro atoms. The summed E-state index contributed by atoms with van der Waals surface area (Å²) in [6.45, 7) is 3.08. The van der Waals surface area contributed by atoms with Crippen LogP contribution in [0.15, 0.2) is 41.3 Å². The van der Waals surface area contributed by atoms with Crippen LogP contribution in [0.25, 0.3) is 0 Å². The molecule has 1 saturated heterocycles. The van der Waals surface area contributed by atoms with E-state index in [1.165, 1.54) is 72.0 Å². The summed E-state index contributed by atoms with van der Waals surface area (Å²) in [5.74, 6) is 0.919. The second-order valence-corrected chi connectivity index (χ2v) is 10.5. The van der Waals surface area contributed by atoms with Crippen LogP contribution in [-0.4, -0.2) is 80.4 Å². The predicted molar refractivity (Wildman–Crippen MR) is 142 cm³/mol. The van der Waals surface area contributed by atoms with E-state index in [9.17, 15) is 13.2 Å². The van der Waals surface area contributed by atoms with Gasteiger partial charge < -0.3 is 29.2 Å². The van der Waals surface area contributed by atoms with Gasteiger partial charge in [-0.25, -0.2) is 8.42 Å². The minimum absolute atomic E-state index is 0.0621. The van der Waals surface area contributed by atoms with Crippen LogP contribution in [0.1, 0.15) is 25.7 Å². The highest BCUT2D eigenvalue weighted by Gasteiger charge is 2.31. The molecule has 10 nitrogen and oxygen atoms in total. The third-order valence-corrected chi connectivity index (χ3v) is 8.06. The van der Waals surface area contributed by atoms with Crippen molar-refractivity contribution in [1.29, 1.82) is 0 Å². The summed E-state index contributed by atoms with van der Waals surface area (Å²) in [7, 11) is 1.59. The lowest BCUT2D eigenvalue weighted by molar-refractivity contribution is -0.119. The number of nitrogens with one attached hydrogen (secondary N) is 1. The highest BCUT2D eigenvalue weighted by Crippen LogP contribution is 2.37. The number of benzene rings is 2. The van der Waals surface area contributed by atoms with Crippen LogP contribution in [-0.2, 0) is 14.8 Å². The topological polar surface area (TPSA) is 107 Å². The molecule has 0 bridgehead atoms. The molecule has 0 unspecified atom stereocenters. The third-order valence-electron chi connectivity index (χ3n) is 6.31. The fourth-order valence-electron chi connectivity index (χ4n) is 4.30. The smallest absolute Gasteiger partial charge is 0.265 e. The van der Waals surface area contributed by atoms with Crippen LogP contribution in [0.3, 0.4) is 0 Å². The van der Waals surface area contributed by atoms with Crippen molar-refractivity contribution in [1.82, 2.24) is 10.2 Å². The van der Waals surface area contributed by atoms with Gasteiger partial charge in [-0.2, -0.15) is 0 Å². The van der Waals surface area contributed by atoms with Gasteiger partial charge in [0.05, 0.1) is 39.0 Å². The molecule has 1 aliphatic rings. The summed E-state index contributed by atoms with van der Waals surface area (Å²) in [4.78, 5) is 15.3. The molecular weight excluding hydrogens is 498 g/mol. The first-order valence-corrected chi connectivity index (χ1v) is 13.7. The summed E-state index contributed by atoms with van der Waals surface area (Å²) < 4.78 is 50.1. The maximum Gasteiger partial charge on any atom is 0.265 e. The maximum atomic E-state index is 13.9. The maximum absolute atomic E-state index is 13.9. The van der Waals surface area contributed by atoms with E-state index in [0.29, 0.717) is 18.0 Å². The molecule has 1 fully saturated rings. The largest absolute Gasteiger partial charge is 0.497 e. The van der Waals surface area contributed by atoms with Crippen molar-refractivity contribution in [3.05, 3.63) is 36.4 Å². The number of carbonyl (C=O) groups excluding carboxylic acids is 1. The highest BCUT2D eigenvalue weighted by molar-refractivity contribution is 7.92. The first-order valence-electron chi connectivity index (χ1n) is 12.3. The minimum Gasteiger partial charge on any atom is -0.497 e. The zero-order valence-corrected chi connectivity index (χ0v) is 22.8. The first-order chi connectivity index (χ1) is 17.8. The SMILES string of the molecule is COc1ccc(OC)c(N(CC(=O)NCCCN2CCCCC2)S(=O)(=O)c2ccc(OC)c(OC)c2)c1. The Morgan fingerprint density at radius 3 is 2.22 bits per heavy atom. The van der Waals surface area contributed by atoms with Crippen LogP contribution in [0, 0.1) is 0 Å². The number of rotatable bonds is 13. The Morgan fingerprint density at radius 1 is 0.892 bits per heavy atom. The lowest BCUT2D eigenvalue weighted by Gasteiger charge is -2.27. The monoisotopic (exact) mass is 535 g/mol. The van der Waals surface area contributed by atoms with Crippen LogP contribution in [0.5, 0.6) is 23.0 Å². The van der Waals surface area contributed by atoms with Crippen molar-refractivity contribution in [3.8, 4) is 23.0 Å². The number of piperidine rings is 1. The van der Waals surface area contributed by atoms with E-state index >= 15 is 0 Å². The Bertz CT molecular complexity index is 1150. The number of likely N-dealkylation sites (tertiary alicyclic amines) is 1. The van der Waals surface area contributed by atoms with Gasteiger partial charge in [0, 0.05) is 18.7 Å². The molecule has 204 valence electrons. The molecule has 11 heteroatoms. The molecule has 1 amide bonds. The van der Waals surface area contributed by atoms with E-state index in [1.54, 1.807) is 12.1 Å². The molecule has 0 aliphatic carbocycles. The number of ether oxygens (including phenoxy) is 4. The molecular formula is C26H37N3O7S. The van der Waals surface area contributed by atoms with Crippen molar-refractivity contribution in [2.24, 2.45) is 0 Å². The van der Waals surface area contributed by atoms with Gasteiger partial charge >= 0.3 is 0 Å². The second kappa shape index (κ2) is 13.4. The quantitative estimate of drug-likeness (QED) is 0.390. The van der Waals surface area contributed by atoms with Crippen LogP contribution in [0.2, 0.25) is 0 Å². The Balaban J connectivity index is 1.86. The van der Waals surface area contributed by atoms with Gasteiger partial charge in [0.2, 0.25) is 5.91 Å². The number of anilines is 1. The normalized spacial score (nSPS) is 14.1. The second-order valence-electron chi connectivity index (χ2n) is 8.67. The molecule has 0 saturated carbocycles. The molecule has 1 N–H and O–H groups in total. The predicted octanol–water partition coefficient (Wildman–Crippen LogP) is 2.91. The van der Waals surface area contributed by atoms with Gasteiger partial charge in [0.25, 0.3) is 10.0 Å². The molecule has 1 aliphatic heterocycles. The molecule has 37 heavy (non-hydrogen) atoms. The number of hydrogen-bond acceptors (Lipinski definition) is 8. The van der Waals surface area contributed by atoms with E-state index in [2.05, 4.69) is 10.2 Å². The van der Waals surface area contributed by atoms with Crippen molar-refractivity contribution in [3.63, 3.8) is 0 Å². The number of sulfonamides is 1. The average molecular weight is 536 g/mol. The lowest BCUT2D eigenvalue weighted by atomic mass is 10.1. The molecule has 2 aromatic carbocycles. The third kappa shape index (κ3) is 7.20. The fourth-order valence-corrected chi connectivity index (χ4v) is 5.73. The van der Waals surface area contributed by atoms with Crippen LogP contribution < -0.4 is 28.6 Å². The molecule has 3 rings (SSSR count). The summed E-state index contributed by atoms with van der Waals surface area (Å²) in [5, 5.41) is 2.86. The molecule has 1 heterocycles. The summed E-state index contributed by atoms with van der Waals surface area (Å²) >= 11 is 0. The average Bonchev–Trinajstić information content (AvgIpc) is 2.93. The first kappa shape index (κ1) is 28.4. The number of carbonyl (C=O) groups is 1. The van der Waals surface area contributed by atoms with Crippen LogP contribution in [0.4, 0.5) is 5.69 Å². The Hall–Kier alpha value is -3.18. The Kier molecular flexibility index (Phi) is 10.3. The van der Waals surface area contributed by atoms with E-state index in [0.717, 1.165) is 30.4 Å². The standard InChI is InChI=1S/C26H37N3O7S/c1-33-20-9-11-23(34-2)22(17-20)29(19-26(30)27-13-8-16-28-14-6-5-7-15-28)37(31,32)21-10-12-24(35-3)25(18-21)36-4/h9-12,17-18H,5-8,13-16,19H2,1-4H3,(H,27,30). The van der Waals surface area contributed by atoms with Gasteiger partial charge in [-0.1, -0.05) is 6.42 Å².